The third-order valence-electron chi connectivity index (χ3n) is 4.32. The summed E-state index contributed by atoms with van der Waals surface area (Å²) in [7, 11) is 1.76. The van der Waals surface area contributed by atoms with E-state index in [1.807, 2.05) is 60.7 Å². The summed E-state index contributed by atoms with van der Waals surface area (Å²) in [5.41, 5.74) is 1.85. The number of ether oxygens (including phenoxy) is 2. The Morgan fingerprint density at radius 1 is 1.14 bits per heavy atom. The van der Waals surface area contributed by atoms with Crippen LogP contribution in [0.5, 0.6) is 17.2 Å². The summed E-state index contributed by atoms with van der Waals surface area (Å²) in [5, 5.41) is 10.5. The van der Waals surface area contributed by atoms with E-state index in [-0.39, 0.29) is 11.7 Å². The lowest BCUT2D eigenvalue weighted by Crippen LogP contribution is -2.31. The van der Waals surface area contributed by atoms with Gasteiger partial charge in [-0.2, -0.15) is 0 Å². The summed E-state index contributed by atoms with van der Waals surface area (Å²) in [5.74, 6) is 0.986. The van der Waals surface area contributed by atoms with Gasteiger partial charge in [0.2, 0.25) is 0 Å². The molecular formula is C21H21IN2O4S. The fourth-order valence-corrected chi connectivity index (χ4v) is 3.85. The van der Waals surface area contributed by atoms with E-state index in [0.717, 1.165) is 11.3 Å². The van der Waals surface area contributed by atoms with Crippen molar-refractivity contribution >= 4 is 57.6 Å². The average Bonchev–Trinajstić information content (AvgIpc) is 2.90. The van der Waals surface area contributed by atoms with E-state index in [2.05, 4.69) is 0 Å². The molecule has 0 aromatic heterocycles. The zero-order valence-corrected chi connectivity index (χ0v) is 19.3. The number of hydrogen-bond acceptors (Lipinski definition) is 5. The van der Waals surface area contributed by atoms with Crippen LogP contribution in [-0.4, -0.2) is 41.3 Å². The van der Waals surface area contributed by atoms with Crippen molar-refractivity contribution in [1.82, 2.24) is 4.90 Å². The lowest BCUT2D eigenvalue weighted by molar-refractivity contribution is -0.114. The average molecular weight is 524 g/mol. The molecule has 1 aliphatic rings. The van der Waals surface area contributed by atoms with E-state index in [0.29, 0.717) is 39.0 Å². The summed E-state index contributed by atoms with van der Waals surface area (Å²) in [6.45, 7) is 4.77. The highest BCUT2D eigenvalue weighted by molar-refractivity contribution is 14.1. The Kier molecular flexibility index (Phi) is 6.63. The first-order chi connectivity index (χ1) is 13.9. The predicted molar refractivity (Wildman–Crippen MR) is 125 cm³/mol. The quantitative estimate of drug-likeness (QED) is 0.344. The van der Waals surface area contributed by atoms with Gasteiger partial charge in [-0.15, -0.1) is 0 Å². The molecule has 0 spiro atoms. The Hall–Kier alpha value is -2.33. The first-order valence-corrected chi connectivity index (χ1v) is 10.6. The topological polar surface area (TPSA) is 62.2 Å². The fourth-order valence-electron chi connectivity index (χ4n) is 2.94. The van der Waals surface area contributed by atoms with Crippen LogP contribution in [0, 0.1) is 3.57 Å². The van der Waals surface area contributed by atoms with Gasteiger partial charge in [-0.3, -0.25) is 9.69 Å². The van der Waals surface area contributed by atoms with Crippen molar-refractivity contribution in [3.63, 3.8) is 0 Å². The number of likely N-dealkylation sites (N-methyl/N-ethyl adjacent to an activating group) is 1. The molecule has 2 aromatic carbocycles. The van der Waals surface area contributed by atoms with Gasteiger partial charge >= 0.3 is 0 Å². The number of anilines is 1. The highest BCUT2D eigenvalue weighted by atomic mass is 127. The SMILES string of the molecule is CCOc1ccc(N2C(=O)/C(=C/c3cc(I)c(O)c(OCC)c3)N(C)C2=S)cc1. The van der Waals surface area contributed by atoms with Gasteiger partial charge in [0.25, 0.3) is 5.91 Å². The molecule has 0 aliphatic carbocycles. The minimum Gasteiger partial charge on any atom is -0.504 e. The second-order valence-corrected chi connectivity index (χ2v) is 7.75. The number of amides is 1. The molecule has 1 heterocycles. The molecule has 1 aliphatic heterocycles. The Morgan fingerprint density at radius 3 is 2.41 bits per heavy atom. The van der Waals surface area contributed by atoms with Crippen molar-refractivity contribution in [2.75, 3.05) is 25.2 Å². The number of halogens is 1. The zero-order valence-electron chi connectivity index (χ0n) is 16.3. The van der Waals surface area contributed by atoms with Crippen LogP contribution >= 0.6 is 34.8 Å². The molecule has 3 rings (SSSR count). The summed E-state index contributed by atoms with van der Waals surface area (Å²) >= 11 is 7.54. The molecule has 0 atom stereocenters. The van der Waals surface area contributed by atoms with E-state index in [1.165, 1.54) is 4.90 Å². The van der Waals surface area contributed by atoms with E-state index in [1.54, 1.807) is 30.2 Å². The van der Waals surface area contributed by atoms with E-state index >= 15 is 0 Å². The Bertz CT molecular complexity index is 975. The lowest BCUT2D eigenvalue weighted by atomic mass is 10.1. The number of thiocarbonyl (C=S) groups is 1. The van der Waals surface area contributed by atoms with Crippen LogP contribution in [0.15, 0.2) is 42.1 Å². The van der Waals surface area contributed by atoms with Crippen LogP contribution in [-0.2, 0) is 4.79 Å². The third kappa shape index (κ3) is 4.32. The number of phenols is 1. The number of nitrogens with zero attached hydrogens (tertiary/aromatic N) is 2. The molecule has 1 N–H and O–H groups in total. The third-order valence-corrected chi connectivity index (χ3v) is 5.60. The number of aromatic hydroxyl groups is 1. The molecule has 152 valence electrons. The molecule has 8 heteroatoms. The number of hydrogen-bond donors (Lipinski definition) is 1. The van der Waals surface area contributed by atoms with Gasteiger partial charge in [0.1, 0.15) is 11.4 Å². The molecule has 0 saturated carbocycles. The first kappa shape index (κ1) is 21.4. The second kappa shape index (κ2) is 9.00. The van der Waals surface area contributed by atoms with Gasteiger partial charge < -0.3 is 19.5 Å². The van der Waals surface area contributed by atoms with E-state index in [9.17, 15) is 9.90 Å². The first-order valence-electron chi connectivity index (χ1n) is 9.09. The number of carbonyl (C=O) groups is 1. The summed E-state index contributed by atoms with van der Waals surface area (Å²) in [6, 6.07) is 10.7. The van der Waals surface area contributed by atoms with Gasteiger partial charge in [0, 0.05) is 7.05 Å². The van der Waals surface area contributed by atoms with Crippen molar-refractivity contribution in [2.24, 2.45) is 0 Å². The molecule has 0 unspecified atom stereocenters. The van der Waals surface area contributed by atoms with Crippen LogP contribution in [0.25, 0.3) is 6.08 Å². The monoisotopic (exact) mass is 524 g/mol. The van der Waals surface area contributed by atoms with Crippen molar-refractivity contribution in [2.45, 2.75) is 13.8 Å². The summed E-state index contributed by atoms with van der Waals surface area (Å²) in [6.07, 6.45) is 1.74. The number of benzene rings is 2. The highest BCUT2D eigenvalue weighted by Gasteiger charge is 2.36. The van der Waals surface area contributed by atoms with Gasteiger partial charge in [0.15, 0.2) is 16.6 Å². The molecule has 6 nitrogen and oxygen atoms in total. The van der Waals surface area contributed by atoms with E-state index < -0.39 is 0 Å². The van der Waals surface area contributed by atoms with Gasteiger partial charge in [-0.1, -0.05) is 0 Å². The molecule has 2 aromatic rings. The van der Waals surface area contributed by atoms with Gasteiger partial charge in [-0.25, -0.2) is 0 Å². The van der Waals surface area contributed by atoms with Crippen LogP contribution in [0.1, 0.15) is 19.4 Å². The van der Waals surface area contributed by atoms with Crippen LogP contribution in [0.3, 0.4) is 0 Å². The minimum atomic E-state index is -0.220. The maximum atomic E-state index is 13.1. The number of phenolic OH excluding ortho intramolecular Hbond substituents is 1. The second-order valence-electron chi connectivity index (χ2n) is 6.22. The molecule has 1 saturated heterocycles. The normalized spacial score (nSPS) is 15.4. The molecule has 0 radical (unpaired) electrons. The standard InChI is InChI=1S/C21H21IN2O4S/c1-4-27-15-8-6-14(7-9-15)24-20(26)17(23(3)21(24)29)11-13-10-16(22)19(25)18(12-13)28-5-2/h6-12,25H,4-5H2,1-3H3/b17-11-. The van der Waals surface area contributed by atoms with Crippen LogP contribution < -0.4 is 14.4 Å². The maximum Gasteiger partial charge on any atom is 0.281 e. The van der Waals surface area contributed by atoms with E-state index in [4.69, 9.17) is 21.7 Å². The van der Waals surface area contributed by atoms with Crippen molar-refractivity contribution < 1.29 is 19.4 Å². The molecule has 29 heavy (non-hydrogen) atoms. The summed E-state index contributed by atoms with van der Waals surface area (Å²) < 4.78 is 11.6. The fraction of sp³-hybridized carbons (Fsp3) is 0.238. The number of carbonyl (C=O) groups excluding carboxylic acids is 1. The van der Waals surface area contributed by atoms with Crippen LogP contribution in [0.4, 0.5) is 5.69 Å². The molecular weight excluding hydrogens is 503 g/mol. The lowest BCUT2D eigenvalue weighted by Gasteiger charge is -2.16. The maximum absolute atomic E-state index is 13.1. The van der Waals surface area contributed by atoms with Crippen molar-refractivity contribution in [1.29, 1.82) is 0 Å². The smallest absolute Gasteiger partial charge is 0.281 e. The highest BCUT2D eigenvalue weighted by Crippen LogP contribution is 2.35. The summed E-state index contributed by atoms with van der Waals surface area (Å²) in [4.78, 5) is 16.3. The predicted octanol–water partition coefficient (Wildman–Crippen LogP) is 4.40. The van der Waals surface area contributed by atoms with Gasteiger partial charge in [0.05, 0.1) is 22.5 Å². The molecule has 0 bridgehead atoms. The Morgan fingerprint density at radius 2 is 1.79 bits per heavy atom. The largest absolute Gasteiger partial charge is 0.504 e. The van der Waals surface area contributed by atoms with Gasteiger partial charge in [-0.05, 0) is 96.7 Å². The Labute approximate surface area is 188 Å². The van der Waals surface area contributed by atoms with Crippen LogP contribution in [0.2, 0.25) is 0 Å². The number of rotatable bonds is 6. The Balaban J connectivity index is 1.95. The molecule has 1 amide bonds. The molecule has 1 fully saturated rings. The van der Waals surface area contributed by atoms with Crippen molar-refractivity contribution in [3.8, 4) is 17.2 Å². The zero-order chi connectivity index (χ0) is 21.1. The van der Waals surface area contributed by atoms with Crippen molar-refractivity contribution in [3.05, 3.63) is 51.2 Å². The minimum absolute atomic E-state index is 0.0900.